The Morgan fingerprint density at radius 1 is 1.44 bits per heavy atom. The topological polar surface area (TPSA) is 80.9 Å². The number of hydrogen-bond acceptors (Lipinski definition) is 5. The summed E-state index contributed by atoms with van der Waals surface area (Å²) in [6.07, 6.45) is 11.2. The summed E-state index contributed by atoms with van der Waals surface area (Å²) >= 11 is 0. The molecule has 0 saturated carbocycles. The Bertz CT molecular complexity index is 733. The quantitative estimate of drug-likeness (QED) is 0.780. The monoisotopic (exact) mass is 343 g/mol. The molecule has 1 fully saturated rings. The normalized spacial score (nSPS) is 18.2. The largest absolute Gasteiger partial charge is 0.339 e. The Balaban J connectivity index is 1.54. The Morgan fingerprint density at radius 2 is 2.32 bits per heavy atom. The molecule has 1 aliphatic heterocycles. The molecule has 1 aliphatic rings. The number of piperidine rings is 1. The zero-order valence-corrected chi connectivity index (χ0v) is 14.8. The summed E-state index contributed by atoms with van der Waals surface area (Å²) in [5, 5.41) is 15.5. The van der Waals surface area contributed by atoms with Crippen molar-refractivity contribution in [3.63, 3.8) is 0 Å². The minimum atomic E-state index is 0.0583. The molecule has 134 valence electrons. The minimum Gasteiger partial charge on any atom is -0.339 e. The number of carbonyl (C=O) groups is 1. The molecule has 1 atom stereocenters. The van der Waals surface area contributed by atoms with Crippen molar-refractivity contribution in [2.75, 3.05) is 20.1 Å². The van der Waals surface area contributed by atoms with Crippen molar-refractivity contribution in [3.05, 3.63) is 35.9 Å². The van der Waals surface area contributed by atoms with Gasteiger partial charge in [0, 0.05) is 57.3 Å². The summed E-state index contributed by atoms with van der Waals surface area (Å²) in [5.41, 5.74) is 1.87. The smallest absolute Gasteiger partial charge is 0.246 e. The number of nitrogens with zero attached hydrogens (tertiary/aromatic N) is 6. The molecule has 0 radical (unpaired) electrons. The highest BCUT2D eigenvalue weighted by atomic mass is 16.2. The zero-order valence-electron chi connectivity index (χ0n) is 14.8. The standard InChI is InChI=1S/C17H25N7O/c1-18-9-16-13-24(21-20-16)12-15-4-3-7-23(11-15)17(25)6-5-14-8-19-22(2)10-14/h5-6,8,10,13,15,18H,3-4,7,9,11-12H2,1-2H3/b6-5+/t15-/m1/s1. The van der Waals surface area contributed by atoms with E-state index in [-0.39, 0.29) is 5.91 Å². The lowest BCUT2D eigenvalue weighted by Gasteiger charge is -2.32. The van der Waals surface area contributed by atoms with E-state index >= 15 is 0 Å². The van der Waals surface area contributed by atoms with Gasteiger partial charge in [-0.3, -0.25) is 14.2 Å². The first kappa shape index (κ1) is 17.3. The average Bonchev–Trinajstić information content (AvgIpc) is 3.22. The summed E-state index contributed by atoms with van der Waals surface area (Å²) in [6.45, 7) is 3.09. The molecule has 0 aliphatic carbocycles. The number of carbonyl (C=O) groups excluding carboxylic acids is 1. The minimum absolute atomic E-state index is 0.0583. The molecule has 8 heteroatoms. The van der Waals surface area contributed by atoms with E-state index < -0.39 is 0 Å². The van der Waals surface area contributed by atoms with E-state index in [1.54, 1.807) is 17.0 Å². The maximum atomic E-state index is 12.4. The molecule has 0 aromatic carbocycles. The lowest BCUT2D eigenvalue weighted by Crippen LogP contribution is -2.40. The second-order valence-corrected chi connectivity index (χ2v) is 6.54. The second kappa shape index (κ2) is 8.06. The van der Waals surface area contributed by atoms with Gasteiger partial charge in [-0.25, -0.2) is 0 Å². The molecular formula is C17H25N7O. The third kappa shape index (κ3) is 4.76. The van der Waals surface area contributed by atoms with Gasteiger partial charge in [-0.05, 0) is 31.9 Å². The fourth-order valence-corrected chi connectivity index (χ4v) is 3.17. The van der Waals surface area contributed by atoms with Crippen LogP contribution >= 0.6 is 0 Å². The van der Waals surface area contributed by atoms with Crippen LogP contribution in [0.3, 0.4) is 0 Å². The van der Waals surface area contributed by atoms with E-state index in [1.165, 1.54) is 0 Å². The second-order valence-electron chi connectivity index (χ2n) is 6.54. The first-order valence-electron chi connectivity index (χ1n) is 8.63. The van der Waals surface area contributed by atoms with E-state index in [1.807, 2.05) is 42.1 Å². The highest BCUT2D eigenvalue weighted by molar-refractivity contribution is 5.91. The Hall–Kier alpha value is -2.48. The first-order chi connectivity index (χ1) is 12.1. The van der Waals surface area contributed by atoms with Gasteiger partial charge in [0.1, 0.15) is 0 Å². The molecule has 1 N–H and O–H groups in total. The van der Waals surface area contributed by atoms with E-state index in [2.05, 4.69) is 20.7 Å². The number of aromatic nitrogens is 5. The summed E-state index contributed by atoms with van der Waals surface area (Å²) < 4.78 is 3.61. The van der Waals surface area contributed by atoms with Gasteiger partial charge in [-0.1, -0.05) is 5.21 Å². The fraction of sp³-hybridized carbons (Fsp3) is 0.529. The van der Waals surface area contributed by atoms with Gasteiger partial charge in [0.05, 0.1) is 11.9 Å². The molecule has 0 unspecified atom stereocenters. The Kier molecular flexibility index (Phi) is 5.60. The van der Waals surface area contributed by atoms with Crippen molar-refractivity contribution in [1.29, 1.82) is 0 Å². The van der Waals surface area contributed by atoms with E-state index in [4.69, 9.17) is 0 Å². The van der Waals surface area contributed by atoms with Crippen molar-refractivity contribution >= 4 is 12.0 Å². The third-order valence-corrected chi connectivity index (χ3v) is 4.36. The molecule has 8 nitrogen and oxygen atoms in total. The van der Waals surface area contributed by atoms with Gasteiger partial charge in [-0.2, -0.15) is 5.10 Å². The van der Waals surface area contributed by atoms with Crippen molar-refractivity contribution in [1.82, 2.24) is 35.0 Å². The van der Waals surface area contributed by atoms with Crippen molar-refractivity contribution < 1.29 is 4.79 Å². The molecule has 25 heavy (non-hydrogen) atoms. The number of likely N-dealkylation sites (tertiary alicyclic amines) is 1. The Labute approximate surface area is 147 Å². The van der Waals surface area contributed by atoms with Crippen molar-refractivity contribution in [2.24, 2.45) is 13.0 Å². The summed E-state index contributed by atoms with van der Waals surface area (Å²) in [5.74, 6) is 0.469. The van der Waals surface area contributed by atoms with Gasteiger partial charge >= 0.3 is 0 Å². The van der Waals surface area contributed by atoms with Gasteiger partial charge in [0.2, 0.25) is 5.91 Å². The van der Waals surface area contributed by atoms with E-state index in [0.29, 0.717) is 12.5 Å². The molecular weight excluding hydrogens is 318 g/mol. The average molecular weight is 343 g/mol. The number of nitrogens with one attached hydrogen (secondary N) is 1. The number of amides is 1. The number of rotatable bonds is 6. The van der Waals surface area contributed by atoms with Crippen LogP contribution in [0.2, 0.25) is 0 Å². The molecule has 0 bridgehead atoms. The predicted molar refractivity (Wildman–Crippen MR) is 94.3 cm³/mol. The summed E-state index contributed by atoms with van der Waals surface area (Å²) in [6, 6.07) is 0. The highest BCUT2D eigenvalue weighted by Gasteiger charge is 2.23. The maximum absolute atomic E-state index is 12.4. The van der Waals surface area contributed by atoms with Crippen LogP contribution in [0.4, 0.5) is 0 Å². The van der Waals surface area contributed by atoms with Gasteiger partial charge in [-0.15, -0.1) is 5.10 Å². The molecule has 3 heterocycles. The lowest BCUT2D eigenvalue weighted by atomic mass is 9.98. The van der Waals surface area contributed by atoms with E-state index in [0.717, 1.165) is 43.7 Å². The lowest BCUT2D eigenvalue weighted by molar-refractivity contribution is -0.127. The van der Waals surface area contributed by atoms with Crippen LogP contribution in [-0.4, -0.2) is 55.7 Å². The predicted octanol–water partition coefficient (Wildman–Crippen LogP) is 0.683. The van der Waals surface area contributed by atoms with Crippen LogP contribution in [-0.2, 0) is 24.9 Å². The summed E-state index contributed by atoms with van der Waals surface area (Å²) in [7, 11) is 3.75. The summed E-state index contributed by atoms with van der Waals surface area (Å²) in [4.78, 5) is 14.4. The van der Waals surface area contributed by atoms with Crippen LogP contribution in [0.1, 0.15) is 24.1 Å². The van der Waals surface area contributed by atoms with Gasteiger partial charge in [0.25, 0.3) is 0 Å². The first-order valence-corrected chi connectivity index (χ1v) is 8.63. The van der Waals surface area contributed by atoms with E-state index in [9.17, 15) is 4.79 Å². The molecule has 2 aromatic heterocycles. The maximum Gasteiger partial charge on any atom is 0.246 e. The molecule has 2 aromatic rings. The fourth-order valence-electron chi connectivity index (χ4n) is 3.17. The highest BCUT2D eigenvalue weighted by Crippen LogP contribution is 2.18. The zero-order chi connectivity index (χ0) is 17.6. The van der Waals surface area contributed by atoms with Crippen molar-refractivity contribution in [3.8, 4) is 0 Å². The third-order valence-electron chi connectivity index (χ3n) is 4.36. The van der Waals surface area contributed by atoms with Crippen LogP contribution in [0, 0.1) is 5.92 Å². The number of aryl methyl sites for hydroxylation is 1. The van der Waals surface area contributed by atoms with Crippen LogP contribution in [0.25, 0.3) is 6.08 Å². The van der Waals surface area contributed by atoms with Crippen LogP contribution < -0.4 is 5.32 Å². The van der Waals surface area contributed by atoms with Crippen LogP contribution in [0.5, 0.6) is 0 Å². The number of hydrogen-bond donors (Lipinski definition) is 1. The molecule has 1 saturated heterocycles. The Morgan fingerprint density at radius 3 is 3.08 bits per heavy atom. The molecule has 0 spiro atoms. The van der Waals surface area contributed by atoms with Gasteiger partial charge in [0.15, 0.2) is 0 Å². The van der Waals surface area contributed by atoms with Gasteiger partial charge < -0.3 is 10.2 Å². The van der Waals surface area contributed by atoms with Crippen molar-refractivity contribution in [2.45, 2.75) is 25.9 Å². The van der Waals surface area contributed by atoms with Crippen LogP contribution in [0.15, 0.2) is 24.7 Å². The molecule has 1 amide bonds. The SMILES string of the molecule is CNCc1cn(C[C@@H]2CCCN(C(=O)/C=C/c3cnn(C)c3)C2)nn1. The molecule has 3 rings (SSSR count).